The number of nitrogen functional groups attached to an aromatic ring is 1. The summed E-state index contributed by atoms with van der Waals surface area (Å²) < 4.78 is 0. The number of aromatic nitrogens is 2. The molecule has 1 fully saturated rings. The number of hydrogen-bond acceptors (Lipinski definition) is 7. The summed E-state index contributed by atoms with van der Waals surface area (Å²) in [6.07, 6.45) is 1.87. The third-order valence-electron chi connectivity index (χ3n) is 3.49. The second-order valence-corrected chi connectivity index (χ2v) is 4.97. The van der Waals surface area contributed by atoms with Crippen LogP contribution in [0.15, 0.2) is 6.07 Å². The number of piperazine rings is 1. The number of nitrogens with zero attached hydrogens (tertiary/aromatic N) is 4. The zero-order valence-corrected chi connectivity index (χ0v) is 12.0. The second-order valence-electron chi connectivity index (χ2n) is 4.97. The average molecular weight is 280 g/mol. The van der Waals surface area contributed by atoms with E-state index in [0.29, 0.717) is 5.82 Å². The first-order valence-corrected chi connectivity index (χ1v) is 7.19. The van der Waals surface area contributed by atoms with Crippen LogP contribution < -0.4 is 16.2 Å². The molecule has 1 aromatic rings. The minimum absolute atomic E-state index is 0.218. The molecule has 0 aliphatic carbocycles. The largest absolute Gasteiger partial charge is 0.395 e. The molecule has 7 nitrogen and oxygen atoms in total. The van der Waals surface area contributed by atoms with E-state index in [1.54, 1.807) is 0 Å². The van der Waals surface area contributed by atoms with Gasteiger partial charge in [-0.05, 0) is 6.42 Å². The van der Waals surface area contributed by atoms with Crippen molar-refractivity contribution in [3.05, 3.63) is 11.9 Å². The Morgan fingerprint density at radius 3 is 2.65 bits per heavy atom. The lowest BCUT2D eigenvalue weighted by Gasteiger charge is -2.35. The van der Waals surface area contributed by atoms with Crippen LogP contribution in [-0.2, 0) is 6.42 Å². The van der Waals surface area contributed by atoms with Crippen LogP contribution in [0.2, 0.25) is 0 Å². The molecule has 0 atom stereocenters. The van der Waals surface area contributed by atoms with E-state index in [0.717, 1.165) is 57.2 Å². The lowest BCUT2D eigenvalue weighted by molar-refractivity contribution is 0.188. The van der Waals surface area contributed by atoms with Crippen molar-refractivity contribution < 1.29 is 5.11 Å². The van der Waals surface area contributed by atoms with Crippen molar-refractivity contribution in [1.82, 2.24) is 14.9 Å². The first-order chi connectivity index (χ1) is 9.76. The van der Waals surface area contributed by atoms with Gasteiger partial charge in [-0.25, -0.2) is 15.8 Å². The van der Waals surface area contributed by atoms with Crippen LogP contribution in [0.25, 0.3) is 0 Å². The normalized spacial score (nSPS) is 16.4. The SMILES string of the molecule is CCCc1nc(NN)cc(N2CCN(CCO)CC2)n1. The number of aryl methyl sites for hydroxylation is 1. The monoisotopic (exact) mass is 280 g/mol. The van der Waals surface area contributed by atoms with Gasteiger partial charge >= 0.3 is 0 Å². The summed E-state index contributed by atoms with van der Waals surface area (Å²) in [6, 6.07) is 1.89. The molecule has 1 aromatic heterocycles. The molecule has 0 amide bonds. The van der Waals surface area contributed by atoms with E-state index < -0.39 is 0 Å². The molecule has 4 N–H and O–H groups in total. The summed E-state index contributed by atoms with van der Waals surface area (Å²) in [6.45, 7) is 6.78. The molecule has 0 spiro atoms. The third kappa shape index (κ3) is 3.78. The van der Waals surface area contributed by atoms with Crippen LogP contribution >= 0.6 is 0 Å². The molecular weight excluding hydrogens is 256 g/mol. The van der Waals surface area contributed by atoms with Gasteiger partial charge in [0.25, 0.3) is 0 Å². The Labute approximate surface area is 119 Å². The number of hydrogen-bond donors (Lipinski definition) is 3. The standard InChI is InChI=1S/C13H24N6O/c1-2-3-11-15-12(17-14)10-13(16-11)19-6-4-18(5-7-19)8-9-20/h10,20H,2-9,14H2,1H3,(H,15,16,17). The molecule has 0 bridgehead atoms. The highest BCUT2D eigenvalue weighted by atomic mass is 16.3. The molecule has 20 heavy (non-hydrogen) atoms. The van der Waals surface area contributed by atoms with Crippen LogP contribution in [0, 0.1) is 0 Å². The molecule has 7 heteroatoms. The van der Waals surface area contributed by atoms with Crippen molar-refractivity contribution in [3.63, 3.8) is 0 Å². The number of anilines is 2. The number of nitrogens with two attached hydrogens (primary N) is 1. The molecule has 0 saturated carbocycles. The number of aliphatic hydroxyl groups is 1. The zero-order chi connectivity index (χ0) is 14.4. The molecule has 0 aromatic carbocycles. The molecule has 0 radical (unpaired) electrons. The van der Waals surface area contributed by atoms with E-state index in [4.69, 9.17) is 10.9 Å². The fourth-order valence-corrected chi connectivity index (χ4v) is 2.40. The number of β-amino-alcohol motifs (C(OH)–C–C–N with tert-alkyl or cyclic N) is 1. The Balaban J connectivity index is 2.06. The smallest absolute Gasteiger partial charge is 0.145 e. The quantitative estimate of drug-likeness (QED) is 0.492. The van der Waals surface area contributed by atoms with Gasteiger partial charge in [0.2, 0.25) is 0 Å². The van der Waals surface area contributed by atoms with Gasteiger partial charge in [-0.1, -0.05) is 6.92 Å². The minimum atomic E-state index is 0.218. The van der Waals surface area contributed by atoms with E-state index in [9.17, 15) is 0 Å². The van der Waals surface area contributed by atoms with Gasteiger partial charge in [-0.15, -0.1) is 0 Å². The lowest BCUT2D eigenvalue weighted by atomic mass is 10.3. The highest BCUT2D eigenvalue weighted by Crippen LogP contribution is 2.18. The molecule has 2 rings (SSSR count). The number of aliphatic hydroxyl groups excluding tert-OH is 1. The van der Waals surface area contributed by atoms with Crippen molar-refractivity contribution >= 4 is 11.6 Å². The van der Waals surface area contributed by atoms with Crippen molar-refractivity contribution in [2.45, 2.75) is 19.8 Å². The van der Waals surface area contributed by atoms with Crippen LogP contribution in [-0.4, -0.2) is 59.3 Å². The van der Waals surface area contributed by atoms with E-state index in [1.807, 2.05) is 6.07 Å². The number of nitrogens with one attached hydrogen (secondary N) is 1. The van der Waals surface area contributed by atoms with Crippen molar-refractivity contribution in [2.75, 3.05) is 49.7 Å². The van der Waals surface area contributed by atoms with E-state index in [2.05, 4.69) is 32.1 Å². The lowest BCUT2D eigenvalue weighted by Crippen LogP contribution is -2.47. The van der Waals surface area contributed by atoms with Gasteiger partial charge in [0.05, 0.1) is 6.61 Å². The average Bonchev–Trinajstić information content (AvgIpc) is 2.48. The maximum atomic E-state index is 8.97. The summed E-state index contributed by atoms with van der Waals surface area (Å²) in [7, 11) is 0. The number of hydrazine groups is 1. The number of rotatable bonds is 6. The first kappa shape index (κ1) is 15.0. The molecule has 1 saturated heterocycles. The van der Waals surface area contributed by atoms with E-state index in [-0.39, 0.29) is 6.61 Å². The second kappa shape index (κ2) is 7.37. The summed E-state index contributed by atoms with van der Waals surface area (Å²) in [5, 5.41) is 8.97. The van der Waals surface area contributed by atoms with Crippen LogP contribution in [0.3, 0.4) is 0 Å². The Hall–Kier alpha value is -1.44. The van der Waals surface area contributed by atoms with Crippen LogP contribution in [0.5, 0.6) is 0 Å². The van der Waals surface area contributed by atoms with Gasteiger partial charge in [0, 0.05) is 45.2 Å². The fourth-order valence-electron chi connectivity index (χ4n) is 2.40. The van der Waals surface area contributed by atoms with E-state index in [1.165, 1.54) is 0 Å². The first-order valence-electron chi connectivity index (χ1n) is 7.19. The van der Waals surface area contributed by atoms with Crippen LogP contribution in [0.1, 0.15) is 19.2 Å². The van der Waals surface area contributed by atoms with Gasteiger partial charge in [-0.3, -0.25) is 4.90 Å². The summed E-state index contributed by atoms with van der Waals surface area (Å²) in [4.78, 5) is 13.5. The summed E-state index contributed by atoms with van der Waals surface area (Å²) in [5.41, 5.74) is 2.61. The van der Waals surface area contributed by atoms with Gasteiger partial charge < -0.3 is 15.4 Å². The minimum Gasteiger partial charge on any atom is -0.395 e. The highest BCUT2D eigenvalue weighted by molar-refractivity contribution is 5.49. The Morgan fingerprint density at radius 2 is 2.05 bits per heavy atom. The van der Waals surface area contributed by atoms with Crippen molar-refractivity contribution in [1.29, 1.82) is 0 Å². The fraction of sp³-hybridized carbons (Fsp3) is 0.692. The van der Waals surface area contributed by atoms with Crippen molar-refractivity contribution in [2.24, 2.45) is 5.84 Å². The third-order valence-corrected chi connectivity index (χ3v) is 3.49. The van der Waals surface area contributed by atoms with Crippen LogP contribution in [0.4, 0.5) is 11.6 Å². The predicted molar refractivity (Wildman–Crippen MR) is 79.6 cm³/mol. The van der Waals surface area contributed by atoms with Gasteiger partial charge in [0.15, 0.2) is 0 Å². The van der Waals surface area contributed by atoms with Gasteiger partial charge in [-0.2, -0.15) is 0 Å². The maximum absolute atomic E-state index is 8.97. The zero-order valence-electron chi connectivity index (χ0n) is 12.0. The van der Waals surface area contributed by atoms with Gasteiger partial charge in [0.1, 0.15) is 17.5 Å². The predicted octanol–water partition coefficient (Wildman–Crippen LogP) is -0.171. The Bertz CT molecular complexity index is 419. The molecule has 1 aliphatic rings. The van der Waals surface area contributed by atoms with E-state index >= 15 is 0 Å². The highest BCUT2D eigenvalue weighted by Gasteiger charge is 2.18. The Kier molecular flexibility index (Phi) is 5.51. The molecule has 1 aliphatic heterocycles. The topological polar surface area (TPSA) is 90.5 Å². The molecule has 0 unspecified atom stereocenters. The maximum Gasteiger partial charge on any atom is 0.145 e. The molecular formula is C13H24N6O. The Morgan fingerprint density at radius 1 is 1.30 bits per heavy atom. The summed E-state index contributed by atoms with van der Waals surface area (Å²) >= 11 is 0. The molecule has 2 heterocycles. The molecule has 112 valence electrons. The summed E-state index contributed by atoms with van der Waals surface area (Å²) in [5.74, 6) is 7.90. The van der Waals surface area contributed by atoms with Crippen molar-refractivity contribution in [3.8, 4) is 0 Å².